The van der Waals surface area contributed by atoms with Gasteiger partial charge in [-0.25, -0.2) is 0 Å². The molecule has 120 valence electrons. The summed E-state index contributed by atoms with van der Waals surface area (Å²) in [7, 11) is 1.55. The van der Waals surface area contributed by atoms with Gasteiger partial charge in [0.15, 0.2) is 6.10 Å². The van der Waals surface area contributed by atoms with E-state index in [9.17, 15) is 9.59 Å². The van der Waals surface area contributed by atoms with Crippen LogP contribution >= 0.6 is 0 Å². The van der Waals surface area contributed by atoms with Crippen molar-refractivity contribution in [2.24, 2.45) is 5.73 Å². The Bertz CT molecular complexity index is 715. The Balaban J connectivity index is 2.07. The van der Waals surface area contributed by atoms with Gasteiger partial charge < -0.3 is 20.5 Å². The molecule has 23 heavy (non-hydrogen) atoms. The lowest BCUT2D eigenvalue weighted by Crippen LogP contribution is -2.31. The average molecular weight is 314 g/mol. The van der Waals surface area contributed by atoms with Gasteiger partial charge >= 0.3 is 0 Å². The van der Waals surface area contributed by atoms with Crippen molar-refractivity contribution in [3.05, 3.63) is 54.1 Å². The molecule has 0 unspecified atom stereocenters. The highest BCUT2D eigenvalue weighted by Gasteiger charge is 2.17. The minimum absolute atomic E-state index is 0.245. The number of primary amides is 1. The summed E-state index contributed by atoms with van der Waals surface area (Å²) in [6, 6.07) is 13.5. The van der Waals surface area contributed by atoms with Crippen molar-refractivity contribution >= 4 is 17.5 Å². The molecule has 0 fully saturated rings. The van der Waals surface area contributed by atoms with Crippen LogP contribution in [0, 0.1) is 0 Å². The van der Waals surface area contributed by atoms with Gasteiger partial charge in [-0.05, 0) is 31.2 Å². The van der Waals surface area contributed by atoms with E-state index in [0.29, 0.717) is 17.2 Å². The molecule has 0 radical (unpaired) electrons. The minimum atomic E-state index is -0.761. The Labute approximate surface area is 134 Å². The maximum Gasteiger partial charge on any atom is 0.265 e. The van der Waals surface area contributed by atoms with E-state index in [0.717, 1.165) is 0 Å². The van der Waals surface area contributed by atoms with Crippen LogP contribution in [0.2, 0.25) is 0 Å². The van der Waals surface area contributed by atoms with Crippen molar-refractivity contribution in [2.75, 3.05) is 12.4 Å². The second-order valence-electron chi connectivity index (χ2n) is 4.84. The first-order chi connectivity index (χ1) is 11.0. The van der Waals surface area contributed by atoms with Crippen molar-refractivity contribution in [2.45, 2.75) is 13.0 Å². The number of para-hydroxylation sites is 1. The van der Waals surface area contributed by atoms with Gasteiger partial charge in [-0.3, -0.25) is 9.59 Å². The van der Waals surface area contributed by atoms with Crippen molar-refractivity contribution in [3.63, 3.8) is 0 Å². The fourth-order valence-corrected chi connectivity index (χ4v) is 1.97. The molecule has 0 heterocycles. The van der Waals surface area contributed by atoms with Gasteiger partial charge in [0.1, 0.15) is 11.5 Å². The van der Waals surface area contributed by atoms with Gasteiger partial charge in [0.25, 0.3) is 11.8 Å². The van der Waals surface area contributed by atoms with Gasteiger partial charge in [0.2, 0.25) is 0 Å². The predicted molar refractivity (Wildman–Crippen MR) is 86.7 cm³/mol. The Hall–Kier alpha value is -3.02. The normalized spacial score (nSPS) is 11.4. The molecule has 0 aliphatic rings. The molecule has 0 bridgehead atoms. The summed E-state index contributed by atoms with van der Waals surface area (Å²) >= 11 is 0. The molecular formula is C17H18N2O4. The first-order valence-corrected chi connectivity index (χ1v) is 7.01. The third-order valence-corrected chi connectivity index (χ3v) is 3.17. The number of hydrogen-bond donors (Lipinski definition) is 2. The van der Waals surface area contributed by atoms with Crippen LogP contribution in [0.3, 0.4) is 0 Å². The van der Waals surface area contributed by atoms with E-state index in [4.69, 9.17) is 15.2 Å². The summed E-state index contributed by atoms with van der Waals surface area (Å²) in [5, 5.41) is 2.64. The lowest BCUT2D eigenvalue weighted by molar-refractivity contribution is -0.122. The maximum absolute atomic E-state index is 12.2. The molecule has 0 aliphatic heterocycles. The molecule has 2 rings (SSSR count). The third-order valence-electron chi connectivity index (χ3n) is 3.17. The van der Waals surface area contributed by atoms with Crippen LogP contribution in [0.15, 0.2) is 48.5 Å². The summed E-state index contributed by atoms with van der Waals surface area (Å²) in [6.07, 6.45) is -0.761. The molecule has 0 saturated carbocycles. The van der Waals surface area contributed by atoms with Crippen molar-refractivity contribution < 1.29 is 19.1 Å². The van der Waals surface area contributed by atoms with Crippen molar-refractivity contribution in [3.8, 4) is 11.5 Å². The van der Waals surface area contributed by atoms with Crippen LogP contribution in [0.1, 0.15) is 17.3 Å². The number of amides is 2. The molecule has 2 amide bonds. The fourth-order valence-electron chi connectivity index (χ4n) is 1.97. The number of rotatable bonds is 6. The maximum atomic E-state index is 12.2. The molecule has 0 spiro atoms. The largest absolute Gasteiger partial charge is 0.497 e. The number of benzene rings is 2. The van der Waals surface area contributed by atoms with Gasteiger partial charge in [0.05, 0.1) is 18.4 Å². The fraction of sp³-hybridized carbons (Fsp3) is 0.176. The molecule has 6 nitrogen and oxygen atoms in total. The van der Waals surface area contributed by atoms with Crippen LogP contribution < -0.4 is 20.5 Å². The number of anilines is 1. The van der Waals surface area contributed by atoms with E-state index in [1.807, 2.05) is 0 Å². The zero-order valence-corrected chi connectivity index (χ0v) is 12.9. The first-order valence-electron chi connectivity index (χ1n) is 7.01. The average Bonchev–Trinajstić information content (AvgIpc) is 2.55. The zero-order chi connectivity index (χ0) is 16.8. The lowest BCUT2D eigenvalue weighted by atomic mass is 10.1. The second-order valence-corrected chi connectivity index (χ2v) is 4.84. The second kappa shape index (κ2) is 7.31. The van der Waals surface area contributed by atoms with Gasteiger partial charge in [-0.1, -0.05) is 18.2 Å². The molecule has 2 aromatic carbocycles. The third kappa shape index (κ3) is 4.23. The molecular weight excluding hydrogens is 296 g/mol. The van der Waals surface area contributed by atoms with Crippen LogP contribution in [-0.4, -0.2) is 25.0 Å². The Morgan fingerprint density at radius 2 is 1.78 bits per heavy atom. The SMILES string of the molecule is COc1cccc(O[C@H](C)C(=O)Nc2ccccc2C(N)=O)c1. The Kier molecular flexibility index (Phi) is 5.19. The van der Waals surface area contributed by atoms with Crippen LogP contribution in [0.5, 0.6) is 11.5 Å². The number of nitrogens with two attached hydrogens (primary N) is 1. The molecule has 3 N–H and O–H groups in total. The smallest absolute Gasteiger partial charge is 0.265 e. The molecule has 1 atom stereocenters. The van der Waals surface area contributed by atoms with Crippen LogP contribution in [0.25, 0.3) is 0 Å². The number of hydrogen-bond acceptors (Lipinski definition) is 4. The number of nitrogens with one attached hydrogen (secondary N) is 1. The van der Waals surface area contributed by atoms with E-state index in [1.165, 1.54) is 0 Å². The number of carbonyl (C=O) groups is 2. The molecule has 0 saturated heterocycles. The molecule has 6 heteroatoms. The number of methoxy groups -OCH3 is 1. The summed E-state index contributed by atoms with van der Waals surface area (Å²) in [5.74, 6) is 0.146. The summed E-state index contributed by atoms with van der Waals surface area (Å²) in [4.78, 5) is 23.6. The first kappa shape index (κ1) is 16.4. The van der Waals surface area contributed by atoms with Crippen LogP contribution in [0.4, 0.5) is 5.69 Å². The van der Waals surface area contributed by atoms with E-state index >= 15 is 0 Å². The Morgan fingerprint density at radius 1 is 1.09 bits per heavy atom. The summed E-state index contributed by atoms with van der Waals surface area (Å²) < 4.78 is 10.7. The molecule has 2 aromatic rings. The van der Waals surface area contributed by atoms with E-state index < -0.39 is 12.0 Å². The quantitative estimate of drug-likeness (QED) is 0.855. The van der Waals surface area contributed by atoms with Crippen LogP contribution in [-0.2, 0) is 4.79 Å². The number of ether oxygens (including phenoxy) is 2. The van der Waals surface area contributed by atoms with Gasteiger partial charge in [0, 0.05) is 6.07 Å². The highest BCUT2D eigenvalue weighted by Crippen LogP contribution is 2.21. The summed E-state index contributed by atoms with van der Waals surface area (Å²) in [6.45, 7) is 1.61. The summed E-state index contributed by atoms with van der Waals surface area (Å²) in [5.41, 5.74) is 5.88. The molecule has 0 aliphatic carbocycles. The molecule has 0 aromatic heterocycles. The van der Waals surface area contributed by atoms with Gasteiger partial charge in [-0.2, -0.15) is 0 Å². The van der Waals surface area contributed by atoms with E-state index in [1.54, 1.807) is 62.6 Å². The topological polar surface area (TPSA) is 90.7 Å². The zero-order valence-electron chi connectivity index (χ0n) is 12.9. The minimum Gasteiger partial charge on any atom is -0.497 e. The standard InChI is InChI=1S/C17H18N2O4/c1-11(23-13-7-5-6-12(10-13)22-2)17(21)19-15-9-4-3-8-14(15)16(18)20/h3-11H,1-2H3,(H2,18,20)(H,19,21)/t11-/m1/s1. The van der Waals surface area contributed by atoms with Crippen molar-refractivity contribution in [1.82, 2.24) is 0 Å². The highest BCUT2D eigenvalue weighted by atomic mass is 16.5. The van der Waals surface area contributed by atoms with Crippen molar-refractivity contribution in [1.29, 1.82) is 0 Å². The lowest BCUT2D eigenvalue weighted by Gasteiger charge is -2.16. The van der Waals surface area contributed by atoms with E-state index in [2.05, 4.69) is 5.32 Å². The predicted octanol–water partition coefficient (Wildman–Crippen LogP) is 2.20. The number of carbonyl (C=O) groups excluding carboxylic acids is 2. The van der Waals surface area contributed by atoms with Gasteiger partial charge in [-0.15, -0.1) is 0 Å². The van der Waals surface area contributed by atoms with E-state index in [-0.39, 0.29) is 11.5 Å². The highest BCUT2D eigenvalue weighted by molar-refractivity contribution is 6.03. The monoisotopic (exact) mass is 314 g/mol. The Morgan fingerprint density at radius 3 is 2.48 bits per heavy atom.